The summed E-state index contributed by atoms with van der Waals surface area (Å²) in [6.07, 6.45) is 0.0481. The van der Waals surface area contributed by atoms with Gasteiger partial charge in [-0.1, -0.05) is 72.8 Å². The van der Waals surface area contributed by atoms with E-state index in [-0.39, 0.29) is 12.4 Å². The van der Waals surface area contributed by atoms with Crippen molar-refractivity contribution in [3.8, 4) is 11.3 Å². The monoisotopic (exact) mass is 410 g/mol. The number of ether oxygens (including phenoxy) is 1. The highest BCUT2D eigenvalue weighted by molar-refractivity contribution is 6.09. The van der Waals surface area contributed by atoms with Crippen molar-refractivity contribution in [2.45, 2.75) is 13.3 Å². The topological polar surface area (TPSA) is 76.5 Å². The molecule has 1 aromatic heterocycles. The third-order valence-corrected chi connectivity index (χ3v) is 4.64. The molecule has 3 aromatic carbocycles. The lowest BCUT2D eigenvalue weighted by atomic mass is 10.1. The Kier molecular flexibility index (Phi) is 6.28. The molecule has 0 amide bonds. The first kappa shape index (κ1) is 20.2. The van der Waals surface area contributed by atoms with Crippen molar-refractivity contribution in [1.82, 2.24) is 9.97 Å². The lowest BCUT2D eigenvalue weighted by Crippen LogP contribution is -2.14. The minimum atomic E-state index is -0.334. The Morgan fingerprint density at radius 1 is 0.871 bits per heavy atom. The Balaban J connectivity index is 1.76. The number of esters is 1. The van der Waals surface area contributed by atoms with Crippen LogP contribution in [-0.2, 0) is 9.53 Å². The largest absolute Gasteiger partial charge is 0.466 e. The number of carbonyl (C=O) groups is 1. The molecular weight excluding hydrogens is 388 g/mol. The van der Waals surface area contributed by atoms with Gasteiger partial charge in [0.25, 0.3) is 0 Å². The standard InChI is InChI=1S/C25H22N4O2/c1-2-31-23(30)17-22(18-11-5-3-6-12-18)28-29-25-24(19-13-7-4-8-14-19)26-20-15-9-10-16-21(20)27-25/h3-16H,2,17H2,1H3,(H,27,29)/b28-22+. The molecule has 0 atom stereocenters. The maximum atomic E-state index is 12.1. The van der Waals surface area contributed by atoms with Crippen LogP contribution in [0.5, 0.6) is 0 Å². The van der Waals surface area contributed by atoms with E-state index in [0.29, 0.717) is 23.8 Å². The van der Waals surface area contributed by atoms with Crippen LogP contribution in [0.1, 0.15) is 18.9 Å². The van der Waals surface area contributed by atoms with E-state index in [1.807, 2.05) is 84.9 Å². The average molecular weight is 410 g/mol. The number of hydrogen-bond acceptors (Lipinski definition) is 6. The molecule has 0 saturated heterocycles. The lowest BCUT2D eigenvalue weighted by Gasteiger charge is -2.11. The summed E-state index contributed by atoms with van der Waals surface area (Å²) in [5, 5.41) is 4.54. The fourth-order valence-corrected chi connectivity index (χ4v) is 3.18. The summed E-state index contributed by atoms with van der Waals surface area (Å²) < 4.78 is 5.12. The van der Waals surface area contributed by atoms with E-state index in [2.05, 4.69) is 10.5 Å². The summed E-state index contributed by atoms with van der Waals surface area (Å²) in [6, 6.07) is 27.0. The molecule has 154 valence electrons. The molecular formula is C25H22N4O2. The molecule has 0 unspecified atom stereocenters. The van der Waals surface area contributed by atoms with Crippen molar-refractivity contribution in [1.29, 1.82) is 0 Å². The number of aromatic nitrogens is 2. The van der Waals surface area contributed by atoms with Gasteiger partial charge in [0.2, 0.25) is 0 Å². The summed E-state index contributed by atoms with van der Waals surface area (Å²) in [4.78, 5) is 21.7. The molecule has 0 aliphatic rings. The van der Waals surface area contributed by atoms with Crippen molar-refractivity contribution < 1.29 is 9.53 Å². The summed E-state index contributed by atoms with van der Waals surface area (Å²) in [6.45, 7) is 2.11. The number of nitrogens with zero attached hydrogens (tertiary/aromatic N) is 3. The van der Waals surface area contributed by atoms with E-state index < -0.39 is 0 Å². The first-order chi connectivity index (χ1) is 15.2. The van der Waals surface area contributed by atoms with Gasteiger partial charge >= 0.3 is 5.97 Å². The predicted molar refractivity (Wildman–Crippen MR) is 123 cm³/mol. The summed E-state index contributed by atoms with van der Waals surface area (Å²) in [5.74, 6) is 0.182. The highest BCUT2D eigenvalue weighted by Gasteiger charge is 2.14. The Bertz CT molecular complexity index is 1210. The van der Waals surface area contributed by atoms with Crippen molar-refractivity contribution in [3.63, 3.8) is 0 Å². The minimum absolute atomic E-state index is 0.0481. The molecule has 31 heavy (non-hydrogen) atoms. The summed E-state index contributed by atoms with van der Waals surface area (Å²) in [7, 11) is 0. The first-order valence-corrected chi connectivity index (χ1v) is 10.1. The Morgan fingerprint density at radius 3 is 2.16 bits per heavy atom. The van der Waals surface area contributed by atoms with Gasteiger partial charge in [-0.15, -0.1) is 0 Å². The van der Waals surface area contributed by atoms with Crippen molar-refractivity contribution >= 4 is 28.5 Å². The zero-order valence-corrected chi connectivity index (χ0v) is 17.2. The van der Waals surface area contributed by atoms with Crippen LogP contribution in [0.4, 0.5) is 5.82 Å². The van der Waals surface area contributed by atoms with Crippen LogP contribution in [0.25, 0.3) is 22.3 Å². The molecule has 4 rings (SSSR count). The lowest BCUT2D eigenvalue weighted by molar-refractivity contribution is -0.141. The number of benzene rings is 3. The number of nitrogens with one attached hydrogen (secondary N) is 1. The molecule has 6 heteroatoms. The van der Waals surface area contributed by atoms with Gasteiger partial charge in [-0.25, -0.2) is 9.97 Å². The second-order valence-corrected chi connectivity index (χ2v) is 6.79. The molecule has 0 radical (unpaired) electrons. The molecule has 4 aromatic rings. The van der Waals surface area contributed by atoms with E-state index in [4.69, 9.17) is 14.7 Å². The molecule has 0 fully saturated rings. The number of fused-ring (bicyclic) bond motifs is 1. The fraction of sp³-hybridized carbons (Fsp3) is 0.120. The zero-order valence-electron chi connectivity index (χ0n) is 17.2. The number of hydrazone groups is 1. The SMILES string of the molecule is CCOC(=O)C/C(=N\Nc1nc2ccccc2nc1-c1ccccc1)c1ccccc1. The Morgan fingerprint density at radius 2 is 1.48 bits per heavy atom. The normalized spacial score (nSPS) is 11.3. The van der Waals surface area contributed by atoms with E-state index in [1.165, 1.54) is 0 Å². The van der Waals surface area contributed by atoms with Gasteiger partial charge in [-0.3, -0.25) is 10.2 Å². The van der Waals surface area contributed by atoms with Crippen molar-refractivity contribution in [3.05, 3.63) is 90.5 Å². The van der Waals surface area contributed by atoms with Gasteiger partial charge in [0.1, 0.15) is 5.69 Å². The third-order valence-electron chi connectivity index (χ3n) is 4.64. The summed E-state index contributed by atoms with van der Waals surface area (Å²) >= 11 is 0. The van der Waals surface area contributed by atoms with E-state index in [0.717, 1.165) is 22.2 Å². The second kappa shape index (κ2) is 9.63. The minimum Gasteiger partial charge on any atom is -0.466 e. The van der Waals surface area contributed by atoms with E-state index in [1.54, 1.807) is 6.92 Å². The molecule has 0 aliphatic carbocycles. The number of hydrogen-bond donors (Lipinski definition) is 1. The highest BCUT2D eigenvalue weighted by Crippen LogP contribution is 2.27. The van der Waals surface area contributed by atoms with Crippen LogP contribution in [0.3, 0.4) is 0 Å². The molecule has 1 N–H and O–H groups in total. The fourth-order valence-electron chi connectivity index (χ4n) is 3.18. The van der Waals surface area contributed by atoms with Crippen LogP contribution in [-0.4, -0.2) is 28.3 Å². The number of rotatable bonds is 7. The molecule has 0 saturated carbocycles. The molecule has 0 aliphatic heterocycles. The number of anilines is 1. The molecule has 6 nitrogen and oxygen atoms in total. The van der Waals surface area contributed by atoms with Crippen LogP contribution >= 0.6 is 0 Å². The zero-order chi connectivity index (χ0) is 21.5. The molecule has 0 spiro atoms. The number of para-hydroxylation sites is 2. The van der Waals surface area contributed by atoms with Gasteiger partial charge in [0, 0.05) is 5.56 Å². The van der Waals surface area contributed by atoms with Crippen molar-refractivity contribution in [2.75, 3.05) is 12.0 Å². The van der Waals surface area contributed by atoms with Crippen molar-refractivity contribution in [2.24, 2.45) is 5.10 Å². The third kappa shape index (κ3) is 4.93. The van der Waals surface area contributed by atoms with Gasteiger partial charge in [0.05, 0.1) is 29.8 Å². The number of carbonyl (C=O) groups excluding carboxylic acids is 1. The average Bonchev–Trinajstić information content (AvgIpc) is 2.82. The van der Waals surface area contributed by atoms with E-state index >= 15 is 0 Å². The smallest absolute Gasteiger partial charge is 0.311 e. The maximum absolute atomic E-state index is 12.1. The molecule has 0 bridgehead atoms. The second-order valence-electron chi connectivity index (χ2n) is 6.79. The summed E-state index contributed by atoms with van der Waals surface area (Å²) in [5.41, 5.74) is 7.61. The van der Waals surface area contributed by atoms with Crippen LogP contribution in [0, 0.1) is 0 Å². The van der Waals surface area contributed by atoms with Crippen LogP contribution in [0.15, 0.2) is 90.0 Å². The van der Waals surface area contributed by atoms with Crippen LogP contribution < -0.4 is 5.43 Å². The molecule has 1 heterocycles. The van der Waals surface area contributed by atoms with Gasteiger partial charge in [-0.2, -0.15) is 5.10 Å². The van der Waals surface area contributed by atoms with Gasteiger partial charge < -0.3 is 4.74 Å². The van der Waals surface area contributed by atoms with E-state index in [9.17, 15) is 4.79 Å². The predicted octanol–water partition coefficient (Wildman–Crippen LogP) is 5.07. The van der Waals surface area contributed by atoms with Crippen LogP contribution in [0.2, 0.25) is 0 Å². The Labute approximate surface area is 180 Å². The first-order valence-electron chi connectivity index (χ1n) is 10.1. The van der Waals surface area contributed by atoms with Gasteiger partial charge in [-0.05, 0) is 24.6 Å². The maximum Gasteiger partial charge on any atom is 0.311 e. The highest BCUT2D eigenvalue weighted by atomic mass is 16.5. The quantitative estimate of drug-likeness (QED) is 0.262. The van der Waals surface area contributed by atoms with Gasteiger partial charge in [0.15, 0.2) is 5.82 Å². The Hall–Kier alpha value is -4.06.